The van der Waals surface area contributed by atoms with Gasteiger partial charge in [0.1, 0.15) is 0 Å². The maximum Gasteiger partial charge on any atom is 0.463 e. The first-order valence-corrected chi connectivity index (χ1v) is 6.09. The van der Waals surface area contributed by atoms with Gasteiger partial charge in [0.15, 0.2) is 0 Å². The summed E-state index contributed by atoms with van der Waals surface area (Å²) in [6.45, 7) is 4.33. The molecule has 3 nitrogen and oxygen atoms in total. The van der Waals surface area contributed by atoms with Crippen molar-refractivity contribution in [3.63, 3.8) is 0 Å². The van der Waals surface area contributed by atoms with Gasteiger partial charge in [-0.25, -0.2) is 0 Å². The van der Waals surface area contributed by atoms with Crippen molar-refractivity contribution in [1.29, 1.82) is 0 Å². The number of carbonyl (C=O) groups is 1. The Morgan fingerprint density at radius 2 is 1.58 bits per heavy atom. The van der Waals surface area contributed by atoms with Crippen LogP contribution in [0.15, 0.2) is 0 Å². The summed E-state index contributed by atoms with van der Waals surface area (Å²) in [6, 6.07) is 0.223. The van der Waals surface area contributed by atoms with Gasteiger partial charge < -0.3 is 4.90 Å². The van der Waals surface area contributed by atoms with Crippen LogP contribution in [0.4, 0.5) is 22.0 Å². The van der Waals surface area contributed by atoms with E-state index >= 15 is 0 Å². The Morgan fingerprint density at radius 3 is 1.95 bits per heavy atom. The first-order valence-electron chi connectivity index (χ1n) is 6.09. The molecule has 8 heteroatoms. The van der Waals surface area contributed by atoms with Gasteiger partial charge in [-0.05, 0) is 13.3 Å². The van der Waals surface area contributed by atoms with Crippen LogP contribution < -0.4 is 0 Å². The largest absolute Gasteiger partial charge is 0.463 e. The first kappa shape index (κ1) is 16.1. The molecule has 0 aromatic heterocycles. The molecule has 0 spiro atoms. The molecule has 0 aliphatic carbocycles. The normalized spacial score (nSPS) is 20.5. The number of piperazine rings is 1. The van der Waals surface area contributed by atoms with Crippen LogP contribution >= 0.6 is 0 Å². The quantitative estimate of drug-likeness (QED) is 0.743. The van der Waals surface area contributed by atoms with E-state index < -0.39 is 18.0 Å². The highest BCUT2D eigenvalue weighted by Gasteiger charge is 2.64. The molecule has 1 heterocycles. The standard InChI is InChI=1S/C11H17F5N2O/c1-3-8(2)17-4-6-18(7-5-17)9(19)10(12,13)11(14,15)16/h8H,3-7H2,1-2H3. The topological polar surface area (TPSA) is 23.6 Å². The lowest BCUT2D eigenvalue weighted by Crippen LogP contribution is -2.58. The Kier molecular flexibility index (Phi) is 4.76. The van der Waals surface area contributed by atoms with Crippen molar-refractivity contribution in [2.45, 2.75) is 38.4 Å². The Morgan fingerprint density at radius 1 is 1.11 bits per heavy atom. The van der Waals surface area contributed by atoms with Crippen molar-refractivity contribution in [1.82, 2.24) is 9.80 Å². The van der Waals surface area contributed by atoms with Crippen LogP contribution in [-0.2, 0) is 4.79 Å². The molecule has 0 aromatic rings. The molecule has 0 N–H and O–H groups in total. The minimum atomic E-state index is -5.84. The summed E-state index contributed by atoms with van der Waals surface area (Å²) < 4.78 is 62.1. The van der Waals surface area contributed by atoms with Gasteiger partial charge in [-0.15, -0.1) is 0 Å². The molecule has 1 aliphatic rings. The third-order valence-electron chi connectivity index (χ3n) is 3.44. The smallest absolute Gasteiger partial charge is 0.335 e. The number of halogens is 5. The zero-order chi connectivity index (χ0) is 14.8. The van der Waals surface area contributed by atoms with Gasteiger partial charge in [0.05, 0.1) is 0 Å². The Balaban J connectivity index is 2.63. The molecule has 1 aliphatic heterocycles. The van der Waals surface area contributed by atoms with Crippen molar-refractivity contribution in [3.8, 4) is 0 Å². The van der Waals surface area contributed by atoms with E-state index in [1.54, 1.807) is 0 Å². The number of alkyl halides is 5. The molecule has 0 saturated carbocycles. The molecule has 1 rings (SSSR count). The molecule has 19 heavy (non-hydrogen) atoms. The number of hydrogen-bond acceptors (Lipinski definition) is 2. The minimum Gasteiger partial charge on any atom is -0.335 e. The second-order valence-electron chi connectivity index (χ2n) is 4.66. The van der Waals surface area contributed by atoms with E-state index in [4.69, 9.17) is 0 Å². The molecule has 0 bridgehead atoms. The molecule has 1 unspecified atom stereocenters. The van der Waals surface area contributed by atoms with Crippen LogP contribution in [0, 0.1) is 0 Å². The fraction of sp³-hybridized carbons (Fsp3) is 0.909. The Bertz CT molecular complexity index is 324. The Labute approximate surface area is 108 Å². The predicted octanol–water partition coefficient (Wildman–Crippen LogP) is 2.13. The zero-order valence-corrected chi connectivity index (χ0v) is 10.8. The monoisotopic (exact) mass is 288 g/mol. The van der Waals surface area contributed by atoms with Gasteiger partial charge in [0, 0.05) is 32.2 Å². The van der Waals surface area contributed by atoms with E-state index in [2.05, 4.69) is 0 Å². The lowest BCUT2D eigenvalue weighted by Gasteiger charge is -2.38. The molecule has 0 aromatic carbocycles. The molecular weight excluding hydrogens is 271 g/mol. The fourth-order valence-electron chi connectivity index (χ4n) is 1.94. The third-order valence-corrected chi connectivity index (χ3v) is 3.44. The third kappa shape index (κ3) is 3.34. The van der Waals surface area contributed by atoms with Gasteiger partial charge in [0.2, 0.25) is 0 Å². The van der Waals surface area contributed by atoms with E-state index in [9.17, 15) is 26.7 Å². The van der Waals surface area contributed by atoms with Crippen LogP contribution in [0.3, 0.4) is 0 Å². The lowest BCUT2D eigenvalue weighted by molar-refractivity contribution is -0.274. The van der Waals surface area contributed by atoms with Gasteiger partial charge >= 0.3 is 18.0 Å². The van der Waals surface area contributed by atoms with Gasteiger partial charge in [-0.3, -0.25) is 9.69 Å². The first-order chi connectivity index (χ1) is 8.61. The summed E-state index contributed by atoms with van der Waals surface area (Å²) in [5.41, 5.74) is 0. The average molecular weight is 288 g/mol. The van der Waals surface area contributed by atoms with Crippen molar-refractivity contribution < 1.29 is 26.7 Å². The average Bonchev–Trinajstić information content (AvgIpc) is 2.35. The number of nitrogens with zero attached hydrogens (tertiary/aromatic N) is 2. The molecule has 1 amide bonds. The van der Waals surface area contributed by atoms with Crippen molar-refractivity contribution >= 4 is 5.91 Å². The van der Waals surface area contributed by atoms with Gasteiger partial charge in [0.25, 0.3) is 0 Å². The molecule has 0 radical (unpaired) electrons. The molecule has 1 saturated heterocycles. The Hall–Kier alpha value is -0.920. The van der Waals surface area contributed by atoms with E-state index in [1.165, 1.54) is 0 Å². The fourth-order valence-corrected chi connectivity index (χ4v) is 1.94. The summed E-state index contributed by atoms with van der Waals surface area (Å²) >= 11 is 0. The number of hydrogen-bond donors (Lipinski definition) is 0. The molecular formula is C11H17F5N2O. The van der Waals surface area contributed by atoms with E-state index in [1.807, 2.05) is 18.7 Å². The molecule has 1 atom stereocenters. The summed E-state index contributed by atoms with van der Waals surface area (Å²) in [7, 11) is 0. The van der Waals surface area contributed by atoms with E-state index in [0.29, 0.717) is 18.0 Å². The maximum atomic E-state index is 12.9. The summed E-state index contributed by atoms with van der Waals surface area (Å²) in [6.07, 6.45) is -4.98. The van der Waals surface area contributed by atoms with Gasteiger partial charge in [-0.1, -0.05) is 6.92 Å². The summed E-state index contributed by atoms with van der Waals surface area (Å²) in [5, 5.41) is 0. The maximum absolute atomic E-state index is 12.9. The zero-order valence-electron chi connectivity index (χ0n) is 10.8. The highest BCUT2D eigenvalue weighted by atomic mass is 19.4. The van der Waals surface area contributed by atoms with Crippen LogP contribution in [0.1, 0.15) is 20.3 Å². The van der Waals surface area contributed by atoms with E-state index in [-0.39, 0.29) is 19.1 Å². The second-order valence-corrected chi connectivity index (χ2v) is 4.66. The van der Waals surface area contributed by atoms with Crippen LogP contribution in [0.25, 0.3) is 0 Å². The number of carbonyl (C=O) groups excluding carboxylic acids is 1. The van der Waals surface area contributed by atoms with Crippen molar-refractivity contribution in [2.75, 3.05) is 26.2 Å². The van der Waals surface area contributed by atoms with Crippen LogP contribution in [-0.4, -0.2) is 60.0 Å². The van der Waals surface area contributed by atoms with Gasteiger partial charge in [-0.2, -0.15) is 22.0 Å². The summed E-state index contributed by atoms with van der Waals surface area (Å²) in [4.78, 5) is 13.8. The van der Waals surface area contributed by atoms with Crippen LogP contribution in [0.5, 0.6) is 0 Å². The highest BCUT2D eigenvalue weighted by molar-refractivity contribution is 5.84. The lowest BCUT2D eigenvalue weighted by atomic mass is 10.1. The predicted molar refractivity (Wildman–Crippen MR) is 58.9 cm³/mol. The molecule has 112 valence electrons. The number of amides is 1. The number of rotatable bonds is 3. The van der Waals surface area contributed by atoms with Crippen molar-refractivity contribution in [3.05, 3.63) is 0 Å². The highest BCUT2D eigenvalue weighted by Crippen LogP contribution is 2.37. The second kappa shape index (κ2) is 5.60. The minimum absolute atomic E-state index is 0.102. The van der Waals surface area contributed by atoms with Crippen molar-refractivity contribution in [2.24, 2.45) is 0 Å². The summed E-state index contributed by atoms with van der Waals surface area (Å²) in [5.74, 6) is -7.45. The molecule has 1 fully saturated rings. The van der Waals surface area contributed by atoms with Crippen LogP contribution in [0.2, 0.25) is 0 Å². The SMILES string of the molecule is CCC(C)N1CCN(C(=O)C(F)(F)C(F)(F)F)CC1. The van der Waals surface area contributed by atoms with E-state index in [0.717, 1.165) is 6.42 Å².